The van der Waals surface area contributed by atoms with Crippen LogP contribution in [-0.2, 0) is 16.1 Å². The van der Waals surface area contributed by atoms with Gasteiger partial charge in [-0.25, -0.2) is 0 Å². The van der Waals surface area contributed by atoms with Gasteiger partial charge in [0.2, 0.25) is 6.39 Å². The molecule has 8 nitrogen and oxygen atoms in total. The van der Waals surface area contributed by atoms with Gasteiger partial charge in [-0.3, -0.25) is 14.5 Å². The van der Waals surface area contributed by atoms with Crippen LogP contribution in [0.3, 0.4) is 0 Å². The highest BCUT2D eigenvalue weighted by Crippen LogP contribution is 1.97. The Kier molecular flexibility index (Phi) is 3.75. The van der Waals surface area contributed by atoms with Crippen LogP contribution in [0.1, 0.15) is 5.82 Å². The molecule has 0 fully saturated rings. The lowest BCUT2D eigenvalue weighted by atomic mass is 10.4. The number of aliphatic carboxylic acids is 2. The predicted molar refractivity (Wildman–Crippen MR) is 44.8 cm³/mol. The lowest BCUT2D eigenvalue weighted by Crippen LogP contribution is -2.34. The third-order valence-electron chi connectivity index (χ3n) is 1.49. The fourth-order valence-corrected chi connectivity index (χ4v) is 1.01. The summed E-state index contributed by atoms with van der Waals surface area (Å²) >= 11 is 0. The fourth-order valence-electron chi connectivity index (χ4n) is 1.01. The maximum absolute atomic E-state index is 10.4. The zero-order valence-corrected chi connectivity index (χ0v) is 7.66. The Bertz CT molecular complexity index is 320. The van der Waals surface area contributed by atoms with E-state index in [1.165, 1.54) is 4.90 Å². The summed E-state index contributed by atoms with van der Waals surface area (Å²) in [5.41, 5.74) is 0. The standard InChI is InChI=1S/C7H9N3O5/c11-6(12)2-10(3-7(13)14)1-5-8-4-15-9-5/h4H,1-3H2,(H,11,12)(H,13,14). The maximum Gasteiger partial charge on any atom is 0.317 e. The summed E-state index contributed by atoms with van der Waals surface area (Å²) in [7, 11) is 0. The van der Waals surface area contributed by atoms with Gasteiger partial charge < -0.3 is 14.7 Å². The molecule has 8 heteroatoms. The molecule has 0 aromatic carbocycles. The van der Waals surface area contributed by atoms with E-state index in [2.05, 4.69) is 14.7 Å². The summed E-state index contributed by atoms with van der Waals surface area (Å²) in [4.78, 5) is 25.7. The number of nitrogens with zero attached hydrogens (tertiary/aromatic N) is 3. The van der Waals surface area contributed by atoms with Gasteiger partial charge in [-0.05, 0) is 0 Å². The molecule has 0 spiro atoms. The third-order valence-corrected chi connectivity index (χ3v) is 1.49. The van der Waals surface area contributed by atoms with Crippen molar-refractivity contribution in [2.75, 3.05) is 13.1 Å². The molecule has 0 bridgehead atoms. The highest BCUT2D eigenvalue weighted by atomic mass is 16.5. The van der Waals surface area contributed by atoms with Crippen LogP contribution in [-0.4, -0.2) is 50.3 Å². The van der Waals surface area contributed by atoms with Crippen molar-refractivity contribution < 1.29 is 24.3 Å². The van der Waals surface area contributed by atoms with Gasteiger partial charge in [0, 0.05) is 0 Å². The lowest BCUT2D eigenvalue weighted by molar-refractivity contribution is -0.142. The van der Waals surface area contributed by atoms with Crippen molar-refractivity contribution in [3.8, 4) is 0 Å². The van der Waals surface area contributed by atoms with Crippen molar-refractivity contribution in [1.82, 2.24) is 15.0 Å². The quantitative estimate of drug-likeness (QED) is 0.623. The Morgan fingerprint density at radius 2 is 1.93 bits per heavy atom. The van der Waals surface area contributed by atoms with Crippen LogP contribution >= 0.6 is 0 Å². The van der Waals surface area contributed by atoms with E-state index in [1.54, 1.807) is 0 Å². The summed E-state index contributed by atoms with van der Waals surface area (Å²) in [5, 5.41) is 20.5. The molecule has 0 amide bonds. The van der Waals surface area contributed by atoms with Crippen LogP contribution in [0.25, 0.3) is 0 Å². The summed E-state index contributed by atoms with van der Waals surface area (Å²) < 4.78 is 4.44. The number of carboxylic acid groups (broad SMARTS) is 2. The maximum atomic E-state index is 10.4. The second-order valence-corrected chi connectivity index (χ2v) is 2.78. The molecular weight excluding hydrogens is 206 g/mol. The summed E-state index contributed by atoms with van der Waals surface area (Å²) in [6, 6.07) is 0. The van der Waals surface area contributed by atoms with E-state index in [9.17, 15) is 9.59 Å². The largest absolute Gasteiger partial charge is 0.480 e. The first-order valence-corrected chi connectivity index (χ1v) is 3.99. The molecule has 0 saturated carbocycles. The zero-order chi connectivity index (χ0) is 11.3. The molecule has 1 aromatic rings. The van der Waals surface area contributed by atoms with Gasteiger partial charge in [0.15, 0.2) is 5.82 Å². The number of hydrogen-bond acceptors (Lipinski definition) is 6. The molecule has 0 saturated heterocycles. The van der Waals surface area contributed by atoms with E-state index in [0.717, 1.165) is 6.39 Å². The predicted octanol–water partition coefficient (Wildman–Crippen LogP) is -0.959. The Morgan fingerprint density at radius 3 is 2.33 bits per heavy atom. The number of rotatable bonds is 6. The Balaban J connectivity index is 2.55. The van der Waals surface area contributed by atoms with Crippen molar-refractivity contribution in [2.45, 2.75) is 6.54 Å². The van der Waals surface area contributed by atoms with Gasteiger partial charge >= 0.3 is 11.9 Å². The van der Waals surface area contributed by atoms with Gasteiger partial charge in [0.1, 0.15) is 0 Å². The minimum absolute atomic E-state index is 0.0229. The van der Waals surface area contributed by atoms with Gasteiger partial charge in [-0.15, -0.1) is 0 Å². The second kappa shape index (κ2) is 5.05. The normalized spacial score (nSPS) is 10.5. The first-order valence-electron chi connectivity index (χ1n) is 3.99. The van der Waals surface area contributed by atoms with Gasteiger partial charge in [0.25, 0.3) is 0 Å². The SMILES string of the molecule is O=C(O)CN(CC(=O)O)Cc1ncon1. The van der Waals surface area contributed by atoms with Crippen molar-refractivity contribution in [2.24, 2.45) is 0 Å². The summed E-state index contributed by atoms with van der Waals surface area (Å²) in [6.45, 7) is -0.753. The Morgan fingerprint density at radius 1 is 1.33 bits per heavy atom. The highest BCUT2D eigenvalue weighted by molar-refractivity contribution is 5.72. The van der Waals surface area contributed by atoms with E-state index in [4.69, 9.17) is 10.2 Å². The highest BCUT2D eigenvalue weighted by Gasteiger charge is 2.15. The summed E-state index contributed by atoms with van der Waals surface area (Å²) in [5.74, 6) is -1.98. The molecule has 0 atom stereocenters. The van der Waals surface area contributed by atoms with Crippen molar-refractivity contribution in [1.29, 1.82) is 0 Å². The van der Waals surface area contributed by atoms with Crippen LogP contribution in [0.2, 0.25) is 0 Å². The molecule has 0 aliphatic carbocycles. The van der Waals surface area contributed by atoms with E-state index in [-0.39, 0.29) is 25.5 Å². The van der Waals surface area contributed by atoms with Crippen LogP contribution < -0.4 is 0 Å². The van der Waals surface area contributed by atoms with Gasteiger partial charge in [-0.1, -0.05) is 5.16 Å². The number of carboxylic acids is 2. The molecule has 1 aromatic heterocycles. The zero-order valence-electron chi connectivity index (χ0n) is 7.66. The fraction of sp³-hybridized carbons (Fsp3) is 0.429. The molecule has 82 valence electrons. The molecule has 0 unspecified atom stereocenters. The molecule has 0 radical (unpaired) electrons. The van der Waals surface area contributed by atoms with E-state index in [1.807, 2.05) is 0 Å². The monoisotopic (exact) mass is 215 g/mol. The van der Waals surface area contributed by atoms with Crippen molar-refractivity contribution >= 4 is 11.9 Å². The molecule has 1 rings (SSSR count). The van der Waals surface area contributed by atoms with Gasteiger partial charge in [0.05, 0.1) is 19.6 Å². The average Bonchev–Trinajstić information content (AvgIpc) is 2.53. The van der Waals surface area contributed by atoms with Crippen LogP contribution in [0.15, 0.2) is 10.9 Å². The van der Waals surface area contributed by atoms with E-state index >= 15 is 0 Å². The van der Waals surface area contributed by atoms with Gasteiger partial charge in [-0.2, -0.15) is 4.98 Å². The Labute approximate surface area is 84.1 Å². The number of aromatic nitrogens is 2. The Hall–Kier alpha value is -1.96. The molecule has 15 heavy (non-hydrogen) atoms. The summed E-state index contributed by atoms with van der Waals surface area (Å²) in [6.07, 6.45) is 1.09. The average molecular weight is 215 g/mol. The van der Waals surface area contributed by atoms with E-state index < -0.39 is 11.9 Å². The number of carbonyl (C=O) groups is 2. The minimum Gasteiger partial charge on any atom is -0.480 e. The molecular formula is C7H9N3O5. The second-order valence-electron chi connectivity index (χ2n) is 2.78. The van der Waals surface area contributed by atoms with Crippen LogP contribution in [0, 0.1) is 0 Å². The van der Waals surface area contributed by atoms with Crippen LogP contribution in [0.4, 0.5) is 0 Å². The molecule has 0 aliphatic heterocycles. The lowest BCUT2D eigenvalue weighted by Gasteiger charge is -2.14. The third kappa shape index (κ3) is 4.18. The molecule has 0 aliphatic rings. The minimum atomic E-state index is -1.11. The van der Waals surface area contributed by atoms with Crippen molar-refractivity contribution in [3.63, 3.8) is 0 Å². The number of hydrogen-bond donors (Lipinski definition) is 2. The van der Waals surface area contributed by atoms with E-state index in [0.29, 0.717) is 0 Å². The van der Waals surface area contributed by atoms with Crippen LogP contribution in [0.5, 0.6) is 0 Å². The van der Waals surface area contributed by atoms with Crippen molar-refractivity contribution in [3.05, 3.63) is 12.2 Å². The topological polar surface area (TPSA) is 117 Å². The smallest absolute Gasteiger partial charge is 0.317 e. The molecule has 1 heterocycles. The first-order chi connectivity index (χ1) is 7.08. The molecule has 2 N–H and O–H groups in total. The first kappa shape index (κ1) is 11.1.